The van der Waals surface area contributed by atoms with Crippen molar-refractivity contribution in [3.8, 4) is 22.9 Å². The highest BCUT2D eigenvalue weighted by Gasteiger charge is 2.22. The van der Waals surface area contributed by atoms with E-state index in [0.29, 0.717) is 28.8 Å². The molecule has 0 atom stereocenters. The average molecular weight is 328 g/mol. The smallest absolute Gasteiger partial charge is 0.240 e. The minimum atomic E-state index is 0.190. The van der Waals surface area contributed by atoms with Crippen molar-refractivity contribution in [2.45, 2.75) is 13.5 Å². The van der Waals surface area contributed by atoms with Gasteiger partial charge < -0.3 is 19.7 Å². The summed E-state index contributed by atoms with van der Waals surface area (Å²) < 4.78 is 16.6. The van der Waals surface area contributed by atoms with Crippen molar-refractivity contribution < 1.29 is 14.0 Å². The van der Waals surface area contributed by atoms with Gasteiger partial charge in [-0.15, -0.1) is 0 Å². The molecule has 0 radical (unpaired) electrons. The summed E-state index contributed by atoms with van der Waals surface area (Å²) in [6.07, 6.45) is 0. The van der Waals surface area contributed by atoms with Crippen molar-refractivity contribution in [3.63, 3.8) is 0 Å². The summed E-state index contributed by atoms with van der Waals surface area (Å²) >= 11 is 3.51. The first kappa shape index (κ1) is 13.8. The predicted octanol–water partition coefficient (Wildman–Crippen LogP) is 2.28. The third-order valence-electron chi connectivity index (χ3n) is 2.65. The molecule has 19 heavy (non-hydrogen) atoms. The summed E-state index contributed by atoms with van der Waals surface area (Å²) in [5, 5.41) is 3.91. The Balaban J connectivity index is 2.69. The van der Waals surface area contributed by atoms with E-state index in [1.165, 1.54) is 0 Å². The van der Waals surface area contributed by atoms with Crippen molar-refractivity contribution >= 4 is 15.9 Å². The molecule has 1 aromatic carbocycles. The van der Waals surface area contributed by atoms with Gasteiger partial charge in [-0.25, -0.2) is 0 Å². The Morgan fingerprint density at radius 2 is 2.11 bits per heavy atom. The molecule has 0 spiro atoms. The van der Waals surface area contributed by atoms with Crippen LogP contribution in [0.1, 0.15) is 11.5 Å². The van der Waals surface area contributed by atoms with E-state index >= 15 is 0 Å². The number of hydrogen-bond donors (Lipinski definition) is 1. The van der Waals surface area contributed by atoms with Crippen LogP contribution in [0, 0.1) is 6.92 Å². The van der Waals surface area contributed by atoms with Gasteiger partial charge in [0, 0.05) is 4.47 Å². The zero-order valence-electron chi connectivity index (χ0n) is 10.9. The lowest BCUT2D eigenvalue weighted by molar-refractivity contribution is 0.354. The topological polar surface area (TPSA) is 83.4 Å². The monoisotopic (exact) mass is 327 g/mol. The van der Waals surface area contributed by atoms with E-state index in [4.69, 9.17) is 19.7 Å². The minimum Gasteiger partial charge on any atom is -0.493 e. The van der Waals surface area contributed by atoms with Gasteiger partial charge in [-0.1, -0.05) is 5.16 Å². The molecule has 0 fully saturated rings. The second-order valence-corrected chi connectivity index (χ2v) is 4.63. The zero-order valence-corrected chi connectivity index (χ0v) is 12.4. The Morgan fingerprint density at radius 1 is 1.37 bits per heavy atom. The molecular weight excluding hydrogens is 314 g/mol. The Bertz CT molecular complexity index is 598. The molecule has 102 valence electrons. The number of halogens is 1. The Kier molecular flexibility index (Phi) is 4.06. The number of ether oxygens (including phenoxy) is 2. The Morgan fingerprint density at radius 3 is 2.63 bits per heavy atom. The van der Waals surface area contributed by atoms with Gasteiger partial charge in [-0.2, -0.15) is 4.98 Å². The fourth-order valence-electron chi connectivity index (χ4n) is 1.74. The third-order valence-corrected chi connectivity index (χ3v) is 3.68. The Labute approximate surface area is 119 Å². The molecule has 2 rings (SSSR count). The van der Waals surface area contributed by atoms with E-state index in [9.17, 15) is 0 Å². The minimum absolute atomic E-state index is 0.190. The molecule has 7 heteroatoms. The SMILES string of the molecule is COc1cc(C)c(Br)c(-c2noc(CN)n2)c1OC. The molecule has 2 N–H and O–H groups in total. The number of aryl methyl sites for hydroxylation is 1. The first-order valence-electron chi connectivity index (χ1n) is 5.56. The van der Waals surface area contributed by atoms with Crippen LogP contribution in [0.2, 0.25) is 0 Å². The van der Waals surface area contributed by atoms with Crippen LogP contribution in [0.4, 0.5) is 0 Å². The van der Waals surface area contributed by atoms with Crippen LogP contribution in [0.25, 0.3) is 11.4 Å². The maximum Gasteiger partial charge on any atom is 0.240 e. The molecule has 0 unspecified atom stereocenters. The highest BCUT2D eigenvalue weighted by molar-refractivity contribution is 9.10. The lowest BCUT2D eigenvalue weighted by Crippen LogP contribution is -1.98. The summed E-state index contributed by atoms with van der Waals surface area (Å²) in [6.45, 7) is 2.13. The fourth-order valence-corrected chi connectivity index (χ4v) is 2.21. The first-order chi connectivity index (χ1) is 9.12. The number of hydrogen-bond acceptors (Lipinski definition) is 6. The Hall–Kier alpha value is -1.60. The highest BCUT2D eigenvalue weighted by Crippen LogP contribution is 2.43. The number of benzene rings is 1. The predicted molar refractivity (Wildman–Crippen MR) is 73.2 cm³/mol. The van der Waals surface area contributed by atoms with Crippen LogP contribution in [0.5, 0.6) is 11.5 Å². The van der Waals surface area contributed by atoms with Crippen molar-refractivity contribution in [2.24, 2.45) is 5.73 Å². The van der Waals surface area contributed by atoms with Gasteiger partial charge in [0.2, 0.25) is 11.7 Å². The van der Waals surface area contributed by atoms with E-state index in [1.807, 2.05) is 13.0 Å². The highest BCUT2D eigenvalue weighted by atomic mass is 79.9. The molecule has 1 aromatic heterocycles. The summed E-state index contributed by atoms with van der Waals surface area (Å²) in [5.41, 5.74) is 7.13. The van der Waals surface area contributed by atoms with Gasteiger partial charge in [0.05, 0.1) is 26.3 Å². The van der Waals surface area contributed by atoms with Gasteiger partial charge in [0.1, 0.15) is 0 Å². The van der Waals surface area contributed by atoms with E-state index in [0.717, 1.165) is 10.0 Å². The van der Waals surface area contributed by atoms with E-state index < -0.39 is 0 Å². The number of rotatable bonds is 4. The average Bonchev–Trinajstić information content (AvgIpc) is 2.89. The molecule has 0 aliphatic heterocycles. The molecule has 0 bridgehead atoms. The molecule has 0 amide bonds. The van der Waals surface area contributed by atoms with Gasteiger partial charge in [0.25, 0.3) is 0 Å². The second-order valence-electron chi connectivity index (χ2n) is 3.83. The van der Waals surface area contributed by atoms with Crippen molar-refractivity contribution in [2.75, 3.05) is 14.2 Å². The molecule has 0 aliphatic carbocycles. The van der Waals surface area contributed by atoms with E-state index in [2.05, 4.69) is 26.1 Å². The van der Waals surface area contributed by atoms with Crippen molar-refractivity contribution in [1.82, 2.24) is 10.1 Å². The number of aromatic nitrogens is 2. The van der Waals surface area contributed by atoms with E-state index in [-0.39, 0.29) is 6.54 Å². The lowest BCUT2D eigenvalue weighted by atomic mass is 10.1. The maximum atomic E-state index is 5.47. The van der Waals surface area contributed by atoms with Crippen LogP contribution < -0.4 is 15.2 Å². The molecule has 6 nitrogen and oxygen atoms in total. The largest absolute Gasteiger partial charge is 0.493 e. The summed E-state index contributed by atoms with van der Waals surface area (Å²) in [4.78, 5) is 4.22. The summed E-state index contributed by atoms with van der Waals surface area (Å²) in [5.74, 6) is 1.93. The van der Waals surface area contributed by atoms with Gasteiger partial charge >= 0.3 is 0 Å². The lowest BCUT2D eigenvalue weighted by Gasteiger charge is -2.14. The molecular formula is C12H14BrN3O3. The van der Waals surface area contributed by atoms with Crippen LogP contribution in [-0.4, -0.2) is 24.4 Å². The molecule has 2 aromatic rings. The fraction of sp³-hybridized carbons (Fsp3) is 0.333. The van der Waals surface area contributed by atoms with Crippen LogP contribution in [-0.2, 0) is 6.54 Å². The van der Waals surface area contributed by atoms with Crippen molar-refractivity contribution in [1.29, 1.82) is 0 Å². The summed E-state index contributed by atoms with van der Waals surface area (Å²) in [7, 11) is 3.14. The van der Waals surface area contributed by atoms with Crippen LogP contribution in [0.3, 0.4) is 0 Å². The normalized spacial score (nSPS) is 10.6. The second kappa shape index (κ2) is 5.58. The molecule has 0 aliphatic rings. The maximum absolute atomic E-state index is 5.47. The molecule has 0 saturated heterocycles. The zero-order chi connectivity index (χ0) is 14.0. The van der Waals surface area contributed by atoms with Gasteiger partial charge in [-0.05, 0) is 34.5 Å². The van der Waals surface area contributed by atoms with Crippen LogP contribution >= 0.6 is 15.9 Å². The molecule has 1 heterocycles. The van der Waals surface area contributed by atoms with E-state index in [1.54, 1.807) is 14.2 Å². The summed E-state index contributed by atoms with van der Waals surface area (Å²) in [6, 6.07) is 1.87. The van der Waals surface area contributed by atoms with Gasteiger partial charge in [-0.3, -0.25) is 0 Å². The standard InChI is InChI=1S/C12H14BrN3O3/c1-6-4-7(17-2)11(18-3)9(10(6)13)12-15-8(5-14)19-16-12/h4H,5,14H2,1-3H3. The third kappa shape index (κ3) is 2.43. The molecule has 0 saturated carbocycles. The van der Waals surface area contributed by atoms with Gasteiger partial charge in [0.15, 0.2) is 11.5 Å². The quantitative estimate of drug-likeness (QED) is 0.927. The number of nitrogens with two attached hydrogens (primary N) is 1. The number of methoxy groups -OCH3 is 2. The first-order valence-corrected chi connectivity index (χ1v) is 6.35. The van der Waals surface area contributed by atoms with Crippen LogP contribution in [0.15, 0.2) is 15.1 Å². The number of nitrogens with zero attached hydrogens (tertiary/aromatic N) is 2. The van der Waals surface area contributed by atoms with Crippen molar-refractivity contribution in [3.05, 3.63) is 22.0 Å².